The first-order chi connectivity index (χ1) is 24.6. The Morgan fingerprint density at radius 1 is 0.686 bits per heavy atom. The van der Waals surface area contributed by atoms with Crippen LogP contribution in [0.15, 0.2) is 30.3 Å². The van der Waals surface area contributed by atoms with Gasteiger partial charge in [-0.05, 0) is 37.8 Å². The summed E-state index contributed by atoms with van der Waals surface area (Å²) in [5, 5.41) is 55.8. The predicted molar refractivity (Wildman–Crippen MR) is 180 cm³/mol. The van der Waals surface area contributed by atoms with Gasteiger partial charge in [0.15, 0.2) is 18.9 Å². The summed E-state index contributed by atoms with van der Waals surface area (Å²) >= 11 is 0. The van der Waals surface area contributed by atoms with Crippen LogP contribution in [0.25, 0.3) is 0 Å². The quantitative estimate of drug-likeness (QED) is 0.0710. The summed E-state index contributed by atoms with van der Waals surface area (Å²) in [6.45, 7) is 0.405. The number of aliphatic hydroxyl groups is 5. The van der Waals surface area contributed by atoms with E-state index < -0.39 is 111 Å². The van der Waals surface area contributed by atoms with Crippen molar-refractivity contribution in [2.45, 2.75) is 130 Å². The molecular weight excluding hydrogens is 672 g/mol. The Kier molecular flexibility index (Phi) is 15.3. The Morgan fingerprint density at radius 2 is 1.39 bits per heavy atom. The summed E-state index contributed by atoms with van der Waals surface area (Å²) in [7, 11) is 0. The molecule has 0 unspecified atom stereocenters. The zero-order valence-electron chi connectivity index (χ0n) is 28.8. The van der Waals surface area contributed by atoms with E-state index in [2.05, 4.69) is 5.32 Å². The maximum atomic E-state index is 11.3. The Bertz CT molecular complexity index is 1170. The van der Waals surface area contributed by atoms with Crippen molar-refractivity contribution < 1.29 is 58.7 Å². The van der Waals surface area contributed by atoms with Crippen LogP contribution in [0, 0.1) is 0 Å². The molecule has 1 saturated carbocycles. The van der Waals surface area contributed by atoms with E-state index in [9.17, 15) is 25.5 Å². The van der Waals surface area contributed by atoms with Gasteiger partial charge in [0.2, 0.25) is 0 Å². The van der Waals surface area contributed by atoms with E-state index in [-0.39, 0.29) is 26.2 Å². The second-order valence-electron chi connectivity index (χ2n) is 13.8. The van der Waals surface area contributed by atoms with Crippen molar-refractivity contribution in [2.24, 2.45) is 28.7 Å². The van der Waals surface area contributed by atoms with Gasteiger partial charge in [-0.15, -0.1) is 0 Å². The monoisotopic (exact) mass is 730 g/mol. The van der Waals surface area contributed by atoms with Gasteiger partial charge < -0.3 is 92.7 Å². The van der Waals surface area contributed by atoms with Gasteiger partial charge in [-0.25, -0.2) is 0 Å². The molecule has 3 heterocycles. The molecule has 0 aromatic heterocycles. The van der Waals surface area contributed by atoms with Gasteiger partial charge in [-0.2, -0.15) is 0 Å². The molecule has 18 nitrogen and oxygen atoms in total. The minimum Gasteiger partial charge on any atom is -0.394 e. The average Bonchev–Trinajstić information content (AvgIpc) is 3.46. The minimum absolute atomic E-state index is 0.120. The molecule has 0 bridgehead atoms. The summed E-state index contributed by atoms with van der Waals surface area (Å²) in [4.78, 5) is 0. The average molecular weight is 731 g/mol. The molecule has 1 aromatic carbocycles. The van der Waals surface area contributed by atoms with Crippen LogP contribution < -0.4 is 34.0 Å². The van der Waals surface area contributed by atoms with Crippen LogP contribution in [-0.2, 0) is 39.6 Å². The number of ether oxygens (including phenoxy) is 7. The summed E-state index contributed by atoms with van der Waals surface area (Å²) in [6.07, 6.45) is -12.1. The molecule has 0 radical (unpaired) electrons. The zero-order chi connectivity index (χ0) is 36.7. The molecule has 0 spiro atoms. The lowest BCUT2D eigenvalue weighted by Gasteiger charge is -2.46. The second-order valence-corrected chi connectivity index (χ2v) is 13.8. The summed E-state index contributed by atoms with van der Waals surface area (Å²) < 4.78 is 43.1. The van der Waals surface area contributed by atoms with Crippen molar-refractivity contribution in [3.63, 3.8) is 0 Å². The smallest absolute Gasteiger partial charge is 0.187 e. The fourth-order valence-corrected chi connectivity index (χ4v) is 7.04. The molecule has 18 heteroatoms. The van der Waals surface area contributed by atoms with Gasteiger partial charge in [-0.3, -0.25) is 0 Å². The zero-order valence-corrected chi connectivity index (χ0v) is 28.8. The lowest BCUT2D eigenvalue weighted by molar-refractivity contribution is -0.293. The maximum absolute atomic E-state index is 11.3. The molecule has 51 heavy (non-hydrogen) atoms. The van der Waals surface area contributed by atoms with Gasteiger partial charge in [0, 0.05) is 25.2 Å². The molecular formula is C33H58N6O12. The van der Waals surface area contributed by atoms with Crippen LogP contribution in [0.2, 0.25) is 0 Å². The number of hydrogen-bond donors (Lipinski definition) is 11. The van der Waals surface area contributed by atoms with E-state index in [4.69, 9.17) is 61.8 Å². The van der Waals surface area contributed by atoms with Crippen LogP contribution in [-0.4, -0.2) is 169 Å². The molecule has 0 amide bonds. The number of nitrogens with one attached hydrogen (secondary N) is 1. The molecule has 3 saturated heterocycles. The van der Waals surface area contributed by atoms with Crippen molar-refractivity contribution in [1.29, 1.82) is 0 Å². The number of benzene rings is 1. The summed E-state index contributed by atoms with van der Waals surface area (Å²) in [5.74, 6) is 0. The summed E-state index contributed by atoms with van der Waals surface area (Å²) in [5.41, 5.74) is 32.3. The highest BCUT2D eigenvalue weighted by atomic mass is 16.8. The van der Waals surface area contributed by atoms with Crippen LogP contribution >= 0.6 is 0 Å². The van der Waals surface area contributed by atoms with Gasteiger partial charge in [0.25, 0.3) is 0 Å². The first kappa shape index (κ1) is 40.7. The molecule has 16 N–H and O–H groups in total. The number of hydrogen-bond acceptors (Lipinski definition) is 18. The third-order valence-electron chi connectivity index (χ3n) is 10.1. The summed E-state index contributed by atoms with van der Waals surface area (Å²) in [6, 6.07) is 6.83. The fourth-order valence-electron chi connectivity index (χ4n) is 7.04. The van der Waals surface area contributed by atoms with E-state index in [1.807, 2.05) is 30.3 Å². The highest BCUT2D eigenvalue weighted by molar-refractivity contribution is 5.14. The Labute approximate surface area is 297 Å². The highest BCUT2D eigenvalue weighted by Crippen LogP contribution is 2.35. The van der Waals surface area contributed by atoms with E-state index in [0.29, 0.717) is 25.9 Å². The Hall–Kier alpha value is -1.50. The van der Waals surface area contributed by atoms with E-state index in [1.165, 1.54) is 5.56 Å². The van der Waals surface area contributed by atoms with Crippen molar-refractivity contribution in [3.8, 4) is 0 Å². The Morgan fingerprint density at radius 3 is 2.10 bits per heavy atom. The van der Waals surface area contributed by atoms with Crippen molar-refractivity contribution in [3.05, 3.63) is 35.9 Å². The van der Waals surface area contributed by atoms with E-state index in [0.717, 1.165) is 6.42 Å². The Balaban J connectivity index is 1.33. The molecule has 17 atom stereocenters. The van der Waals surface area contributed by atoms with Crippen molar-refractivity contribution in [1.82, 2.24) is 5.32 Å². The predicted octanol–water partition coefficient (Wildman–Crippen LogP) is -4.95. The van der Waals surface area contributed by atoms with E-state index >= 15 is 0 Å². The first-order valence-corrected chi connectivity index (χ1v) is 17.8. The lowest BCUT2D eigenvalue weighted by atomic mass is 9.84. The molecule has 1 aromatic rings. The molecule has 292 valence electrons. The number of nitrogens with two attached hydrogens (primary N) is 5. The molecule has 5 rings (SSSR count). The van der Waals surface area contributed by atoms with Crippen molar-refractivity contribution >= 4 is 0 Å². The van der Waals surface area contributed by atoms with Crippen LogP contribution in [0.3, 0.4) is 0 Å². The van der Waals surface area contributed by atoms with Gasteiger partial charge in [0.1, 0.15) is 48.8 Å². The third-order valence-corrected chi connectivity index (χ3v) is 10.1. The lowest BCUT2D eigenvalue weighted by Crippen LogP contribution is -2.65. The fraction of sp³-hybridized carbons (Fsp3) is 0.818. The number of rotatable bonds is 16. The van der Waals surface area contributed by atoms with Crippen LogP contribution in [0.1, 0.15) is 24.8 Å². The van der Waals surface area contributed by atoms with Gasteiger partial charge in [-0.1, -0.05) is 30.3 Å². The maximum Gasteiger partial charge on any atom is 0.187 e. The second kappa shape index (κ2) is 19.2. The van der Waals surface area contributed by atoms with Gasteiger partial charge >= 0.3 is 0 Å². The highest BCUT2D eigenvalue weighted by Gasteiger charge is 2.54. The third kappa shape index (κ3) is 9.98. The van der Waals surface area contributed by atoms with Crippen molar-refractivity contribution in [2.75, 3.05) is 39.5 Å². The van der Waals surface area contributed by atoms with Crippen LogP contribution in [0.5, 0.6) is 0 Å². The minimum atomic E-state index is -1.41. The SMILES string of the molecule is NC[C@@H]1O[C@H](O[C@H]2[C@@H](OCCNCCc3ccccc3)[C@@H](O[C@H]3[C@@H](O)[C@@H](N)C[C@@H](N)[C@H]3O[C@H]3O[C@H](CO)CC[C@H]3N)O[C@@H]2CO)[C@H](N)[C@@H](O)[C@@H]1O. The normalized spacial score (nSPS) is 43.4. The van der Waals surface area contributed by atoms with E-state index in [1.54, 1.807) is 0 Å². The largest absolute Gasteiger partial charge is 0.394 e. The number of aliphatic hydroxyl groups excluding tert-OH is 5. The molecule has 4 fully saturated rings. The molecule has 1 aliphatic carbocycles. The topological polar surface area (TPSA) is 308 Å². The molecule has 3 aliphatic heterocycles. The first-order valence-electron chi connectivity index (χ1n) is 17.8. The van der Waals surface area contributed by atoms with Crippen LogP contribution in [0.4, 0.5) is 0 Å². The van der Waals surface area contributed by atoms with Gasteiger partial charge in [0.05, 0.1) is 44.1 Å². The molecule has 4 aliphatic rings. The standard InChI is InChI=1S/C33H58N6O12/c34-13-21-25(43)26(44)23(38)32(47-21)50-28-22(15-41)48-33(30(28)45-11-10-39-9-8-16-4-2-1-3-5-16)51-29-24(42)19(36)12-20(37)27(29)49-31-18(35)7-6-17(14-40)46-31/h1-5,17-33,39-44H,6-15,34-38H2/t17-,18+,19-,20+,21-,22+,23+,24-,25+,26+,27+,28+,29-,30+,31+,32+,33+/m0/s1.